The molecule has 143 valence electrons. The average Bonchev–Trinajstić information content (AvgIpc) is 2.60. The van der Waals surface area contributed by atoms with Gasteiger partial charge >= 0.3 is 6.41 Å². The van der Waals surface area contributed by atoms with Crippen LogP contribution < -0.4 is 0 Å². The maximum atomic E-state index is 10.7. The Morgan fingerprint density at radius 2 is 0.875 bits per heavy atom. The van der Waals surface area contributed by atoms with Gasteiger partial charge in [0.05, 0.1) is 0 Å². The summed E-state index contributed by atoms with van der Waals surface area (Å²) in [5.74, 6) is 0. The quantitative estimate of drug-likeness (QED) is 0.172. The Kier molecular flexibility index (Phi) is 20.1. The van der Waals surface area contributed by atoms with Crippen molar-refractivity contribution in [3.63, 3.8) is 0 Å². The maximum Gasteiger partial charge on any atom is 0.312 e. The van der Waals surface area contributed by atoms with Gasteiger partial charge < -0.3 is 4.90 Å². The Balaban J connectivity index is 3.08. The highest BCUT2D eigenvalue weighted by Crippen LogP contribution is 2.13. The fourth-order valence-corrected chi connectivity index (χ4v) is 3.32. The van der Waals surface area contributed by atoms with Crippen LogP contribution in [0, 0.1) is 0 Å². The number of hydrogen-bond acceptors (Lipinski definition) is 1. The third-order valence-electron chi connectivity index (χ3n) is 4.90. The Hall–Kier alpha value is -0.530. The van der Waals surface area contributed by atoms with E-state index >= 15 is 0 Å². The molecule has 0 atom stereocenters. The van der Waals surface area contributed by atoms with Crippen LogP contribution >= 0.6 is 0 Å². The molecule has 0 aliphatic carbocycles. The van der Waals surface area contributed by atoms with Gasteiger partial charge in [0.15, 0.2) is 0 Å². The third kappa shape index (κ3) is 17.8. The molecule has 0 N–H and O–H groups in total. The Morgan fingerprint density at radius 1 is 0.500 bits per heavy atom. The fraction of sp³-hybridized carbons (Fsp3) is 0.955. The summed E-state index contributed by atoms with van der Waals surface area (Å²) in [5, 5.41) is 0. The third-order valence-corrected chi connectivity index (χ3v) is 4.90. The standard InChI is InChI=1S/C22H44NO/c1-3-5-6-7-8-9-10-11-12-13-14-15-16-17-18-19-21-23(22-24)20-4-2/h3-21H2,1-2H3. The molecule has 1 radical (unpaired) electrons. The zero-order valence-electron chi connectivity index (χ0n) is 16.8. The van der Waals surface area contributed by atoms with Crippen LogP contribution in [0.25, 0.3) is 0 Å². The van der Waals surface area contributed by atoms with Crippen molar-refractivity contribution in [2.45, 2.75) is 123 Å². The van der Waals surface area contributed by atoms with E-state index in [4.69, 9.17) is 0 Å². The first kappa shape index (κ1) is 23.5. The second-order valence-electron chi connectivity index (χ2n) is 7.38. The summed E-state index contributed by atoms with van der Waals surface area (Å²) in [7, 11) is 0. The van der Waals surface area contributed by atoms with Crippen LogP contribution in [0.2, 0.25) is 0 Å². The van der Waals surface area contributed by atoms with Crippen molar-refractivity contribution in [1.82, 2.24) is 4.90 Å². The van der Waals surface area contributed by atoms with Crippen molar-refractivity contribution in [3.8, 4) is 0 Å². The molecule has 0 aromatic carbocycles. The van der Waals surface area contributed by atoms with Gasteiger partial charge in [0.25, 0.3) is 0 Å². The predicted molar refractivity (Wildman–Crippen MR) is 107 cm³/mol. The number of rotatable bonds is 20. The molecule has 0 bridgehead atoms. The molecule has 2 heteroatoms. The molecule has 0 spiro atoms. The van der Waals surface area contributed by atoms with Crippen LogP contribution in [0.15, 0.2) is 0 Å². The molecular weight excluding hydrogens is 294 g/mol. The van der Waals surface area contributed by atoms with Gasteiger partial charge in [0.1, 0.15) is 0 Å². The molecule has 24 heavy (non-hydrogen) atoms. The average molecular weight is 339 g/mol. The van der Waals surface area contributed by atoms with Crippen molar-refractivity contribution in [3.05, 3.63) is 0 Å². The van der Waals surface area contributed by atoms with Gasteiger partial charge in [0.2, 0.25) is 0 Å². The minimum atomic E-state index is 0.863. The van der Waals surface area contributed by atoms with E-state index in [1.807, 2.05) is 6.41 Å². The Bertz CT molecular complexity index is 242. The van der Waals surface area contributed by atoms with E-state index < -0.39 is 0 Å². The summed E-state index contributed by atoms with van der Waals surface area (Å²) in [6, 6.07) is 0. The predicted octanol–water partition coefficient (Wildman–Crippen LogP) is 7.03. The molecule has 0 saturated carbocycles. The lowest BCUT2D eigenvalue weighted by molar-refractivity contribution is 0.367. The Labute approximate surface area is 152 Å². The summed E-state index contributed by atoms with van der Waals surface area (Å²) in [4.78, 5) is 12.5. The second-order valence-corrected chi connectivity index (χ2v) is 7.38. The van der Waals surface area contributed by atoms with Crippen molar-refractivity contribution in [1.29, 1.82) is 0 Å². The number of carbonyl (C=O) groups excluding carboxylic acids is 1. The molecule has 0 saturated heterocycles. The van der Waals surface area contributed by atoms with Gasteiger partial charge in [-0.15, -0.1) is 0 Å². The molecule has 0 aromatic rings. The summed E-state index contributed by atoms with van der Waals surface area (Å²) in [6.45, 7) is 6.16. The molecule has 0 aromatic heterocycles. The van der Waals surface area contributed by atoms with Gasteiger partial charge in [-0.1, -0.05) is 110 Å². The molecule has 0 rings (SSSR count). The van der Waals surface area contributed by atoms with Crippen LogP contribution in [0.3, 0.4) is 0 Å². The first-order valence-corrected chi connectivity index (χ1v) is 11.0. The van der Waals surface area contributed by atoms with Crippen molar-refractivity contribution in [2.24, 2.45) is 0 Å². The van der Waals surface area contributed by atoms with Gasteiger partial charge in [0, 0.05) is 13.1 Å². The molecule has 1 amide bonds. The summed E-state index contributed by atoms with van der Waals surface area (Å²) < 4.78 is 0. The number of hydrogen-bond donors (Lipinski definition) is 0. The van der Waals surface area contributed by atoms with Crippen molar-refractivity contribution in [2.75, 3.05) is 13.1 Å². The number of unbranched alkanes of at least 4 members (excludes halogenated alkanes) is 15. The van der Waals surface area contributed by atoms with Gasteiger partial charge in [-0.05, 0) is 12.8 Å². The number of amides is 1. The molecule has 2 nitrogen and oxygen atoms in total. The van der Waals surface area contributed by atoms with E-state index in [-0.39, 0.29) is 0 Å². The van der Waals surface area contributed by atoms with Crippen molar-refractivity contribution < 1.29 is 4.79 Å². The van der Waals surface area contributed by atoms with E-state index in [1.54, 1.807) is 4.90 Å². The summed E-state index contributed by atoms with van der Waals surface area (Å²) in [5.41, 5.74) is 0. The van der Waals surface area contributed by atoms with Crippen LogP contribution in [-0.2, 0) is 4.79 Å². The summed E-state index contributed by atoms with van der Waals surface area (Å²) >= 11 is 0. The first-order valence-electron chi connectivity index (χ1n) is 11.0. The zero-order chi connectivity index (χ0) is 17.7. The number of nitrogens with zero attached hydrogens (tertiary/aromatic N) is 1. The molecule has 0 unspecified atom stereocenters. The minimum absolute atomic E-state index is 0.863. The van der Waals surface area contributed by atoms with E-state index in [0.717, 1.165) is 25.9 Å². The smallest absolute Gasteiger partial charge is 0.312 e. The molecule has 0 aliphatic rings. The highest BCUT2D eigenvalue weighted by molar-refractivity contribution is 5.47. The highest BCUT2D eigenvalue weighted by atomic mass is 16.1. The van der Waals surface area contributed by atoms with E-state index in [9.17, 15) is 4.79 Å². The molecule has 0 fully saturated rings. The monoisotopic (exact) mass is 338 g/mol. The van der Waals surface area contributed by atoms with Crippen LogP contribution in [0.5, 0.6) is 0 Å². The summed E-state index contributed by atoms with van der Waals surface area (Å²) in [6.07, 6.45) is 25.4. The topological polar surface area (TPSA) is 20.3 Å². The first-order chi connectivity index (χ1) is 11.8. The van der Waals surface area contributed by atoms with Crippen LogP contribution in [-0.4, -0.2) is 24.4 Å². The Morgan fingerprint density at radius 3 is 1.21 bits per heavy atom. The van der Waals surface area contributed by atoms with Gasteiger partial charge in [-0.2, -0.15) is 0 Å². The van der Waals surface area contributed by atoms with Gasteiger partial charge in [-0.3, -0.25) is 4.79 Å². The second kappa shape index (κ2) is 20.5. The molecule has 0 aliphatic heterocycles. The normalized spacial score (nSPS) is 10.9. The molecular formula is C22H44NO. The van der Waals surface area contributed by atoms with E-state index in [0.29, 0.717) is 0 Å². The van der Waals surface area contributed by atoms with Gasteiger partial charge in [-0.25, -0.2) is 0 Å². The van der Waals surface area contributed by atoms with Crippen LogP contribution in [0.4, 0.5) is 0 Å². The lowest BCUT2D eigenvalue weighted by atomic mass is 10.0. The van der Waals surface area contributed by atoms with Crippen LogP contribution in [0.1, 0.15) is 123 Å². The van der Waals surface area contributed by atoms with E-state index in [2.05, 4.69) is 13.8 Å². The lowest BCUT2D eigenvalue weighted by Crippen LogP contribution is -2.23. The van der Waals surface area contributed by atoms with E-state index in [1.165, 1.54) is 96.3 Å². The maximum absolute atomic E-state index is 10.7. The zero-order valence-corrected chi connectivity index (χ0v) is 16.8. The van der Waals surface area contributed by atoms with Crippen molar-refractivity contribution >= 4 is 6.41 Å². The largest absolute Gasteiger partial charge is 0.334 e. The highest BCUT2D eigenvalue weighted by Gasteiger charge is 2.00. The lowest BCUT2D eigenvalue weighted by Gasteiger charge is -2.14. The molecule has 0 heterocycles. The SMILES string of the molecule is CCCCCCCCCCCCCCCCCCN([C]=O)CCC. The fourth-order valence-electron chi connectivity index (χ4n) is 3.32. The minimum Gasteiger partial charge on any atom is -0.334 e.